The molecule has 2 amide bonds. The lowest BCUT2D eigenvalue weighted by molar-refractivity contribution is 0.0779. The molecule has 0 radical (unpaired) electrons. The van der Waals surface area contributed by atoms with Crippen molar-refractivity contribution in [2.24, 2.45) is 0 Å². The number of carbonyl (C=O) groups is 2. The molecule has 1 aromatic heterocycles. The van der Waals surface area contributed by atoms with Crippen molar-refractivity contribution in [3.05, 3.63) is 101 Å². The topological polar surface area (TPSA) is 62.3 Å². The first-order chi connectivity index (χ1) is 14.0. The summed E-state index contributed by atoms with van der Waals surface area (Å²) in [7, 11) is 1.69. The van der Waals surface area contributed by atoms with Crippen molar-refractivity contribution in [1.82, 2.24) is 15.2 Å². The molecule has 3 rings (SSSR count). The molecule has 0 fully saturated rings. The number of nitrogens with zero attached hydrogens (tertiary/aromatic N) is 2. The molecule has 2 aromatic carbocycles. The van der Waals surface area contributed by atoms with Crippen LogP contribution in [0.2, 0.25) is 0 Å². The van der Waals surface area contributed by atoms with Crippen LogP contribution in [0.25, 0.3) is 0 Å². The number of pyridine rings is 1. The zero-order valence-corrected chi connectivity index (χ0v) is 16.1. The van der Waals surface area contributed by atoms with Crippen molar-refractivity contribution in [2.45, 2.75) is 13.0 Å². The average Bonchev–Trinajstić information content (AvgIpc) is 2.75. The van der Waals surface area contributed by atoms with Gasteiger partial charge in [0.25, 0.3) is 11.8 Å². The summed E-state index contributed by atoms with van der Waals surface area (Å²) in [5.74, 6) is -0.967. The van der Waals surface area contributed by atoms with Gasteiger partial charge in [-0.1, -0.05) is 54.6 Å². The van der Waals surface area contributed by atoms with E-state index in [2.05, 4.69) is 10.3 Å². The number of amides is 2. The van der Waals surface area contributed by atoms with E-state index in [1.807, 2.05) is 30.3 Å². The Morgan fingerprint density at radius 3 is 2.38 bits per heavy atom. The van der Waals surface area contributed by atoms with E-state index < -0.39 is 5.91 Å². The van der Waals surface area contributed by atoms with Gasteiger partial charge in [-0.05, 0) is 35.7 Å². The molecule has 0 saturated carbocycles. The molecule has 148 valence electrons. The maximum atomic E-state index is 13.6. The maximum absolute atomic E-state index is 13.6. The van der Waals surface area contributed by atoms with Crippen LogP contribution in [0.1, 0.15) is 32.1 Å². The average molecular weight is 391 g/mol. The Bertz CT molecular complexity index is 992. The van der Waals surface area contributed by atoms with E-state index in [0.29, 0.717) is 18.5 Å². The lowest BCUT2D eigenvalue weighted by Gasteiger charge is -2.17. The summed E-state index contributed by atoms with van der Waals surface area (Å²) >= 11 is 0. The molecule has 29 heavy (non-hydrogen) atoms. The molecule has 0 saturated heterocycles. The number of halogens is 1. The van der Waals surface area contributed by atoms with Crippen LogP contribution >= 0.6 is 0 Å². The number of hydrogen-bond acceptors (Lipinski definition) is 3. The molecular weight excluding hydrogens is 369 g/mol. The summed E-state index contributed by atoms with van der Waals surface area (Å²) in [6.07, 6.45) is 0.372. The summed E-state index contributed by atoms with van der Waals surface area (Å²) in [4.78, 5) is 30.8. The molecule has 0 bridgehead atoms. The lowest BCUT2D eigenvalue weighted by Crippen LogP contribution is -2.29. The summed E-state index contributed by atoms with van der Waals surface area (Å²) in [5.41, 5.74) is 1.89. The lowest BCUT2D eigenvalue weighted by atomic mass is 10.1. The smallest absolute Gasteiger partial charge is 0.272 e. The molecule has 0 unspecified atom stereocenters. The van der Waals surface area contributed by atoms with E-state index in [9.17, 15) is 14.0 Å². The van der Waals surface area contributed by atoms with Gasteiger partial charge < -0.3 is 10.2 Å². The van der Waals surface area contributed by atoms with Gasteiger partial charge in [-0.25, -0.2) is 9.37 Å². The molecule has 0 aliphatic heterocycles. The minimum atomic E-state index is -0.401. The van der Waals surface area contributed by atoms with E-state index in [1.54, 1.807) is 48.3 Å². The fourth-order valence-electron chi connectivity index (χ4n) is 2.91. The van der Waals surface area contributed by atoms with Crippen LogP contribution in [0, 0.1) is 5.82 Å². The van der Waals surface area contributed by atoms with E-state index >= 15 is 0 Å². The first-order valence-electron chi connectivity index (χ1n) is 9.32. The number of hydrogen-bond donors (Lipinski definition) is 1. The molecular formula is C23H22FN3O2. The van der Waals surface area contributed by atoms with Gasteiger partial charge in [-0.15, -0.1) is 0 Å². The Morgan fingerprint density at radius 1 is 0.931 bits per heavy atom. The zero-order chi connectivity index (χ0) is 20.6. The standard InChI is InChI=1S/C23H22FN3O2/c1-27(16-17-8-3-2-4-9-17)23(29)21-13-7-12-20(26-21)22(28)25-15-14-18-10-5-6-11-19(18)24/h2-13H,14-16H2,1H3,(H,25,28). The molecule has 5 nitrogen and oxygen atoms in total. The highest BCUT2D eigenvalue weighted by Gasteiger charge is 2.16. The van der Waals surface area contributed by atoms with Crippen molar-refractivity contribution < 1.29 is 14.0 Å². The minimum absolute atomic E-state index is 0.150. The molecule has 1 N–H and O–H groups in total. The monoisotopic (exact) mass is 391 g/mol. The molecule has 0 aliphatic rings. The van der Waals surface area contributed by atoms with Gasteiger partial charge in [0.15, 0.2) is 0 Å². The predicted octanol–water partition coefficient (Wildman–Crippen LogP) is 3.47. The number of carbonyl (C=O) groups excluding carboxylic acids is 2. The molecule has 0 aliphatic carbocycles. The van der Waals surface area contributed by atoms with Gasteiger partial charge >= 0.3 is 0 Å². The second-order valence-electron chi connectivity index (χ2n) is 6.65. The molecule has 6 heteroatoms. The third-order valence-corrected chi connectivity index (χ3v) is 4.45. The Balaban J connectivity index is 1.60. The Labute approximate surface area is 169 Å². The van der Waals surface area contributed by atoms with Crippen LogP contribution in [-0.2, 0) is 13.0 Å². The molecule has 3 aromatic rings. The third-order valence-electron chi connectivity index (χ3n) is 4.45. The fourth-order valence-corrected chi connectivity index (χ4v) is 2.91. The third kappa shape index (κ3) is 5.48. The number of rotatable bonds is 7. The largest absolute Gasteiger partial charge is 0.350 e. The van der Waals surface area contributed by atoms with Gasteiger partial charge in [0.05, 0.1) is 0 Å². The highest BCUT2D eigenvalue weighted by atomic mass is 19.1. The van der Waals surface area contributed by atoms with Crippen LogP contribution in [0.3, 0.4) is 0 Å². The highest BCUT2D eigenvalue weighted by Crippen LogP contribution is 2.09. The van der Waals surface area contributed by atoms with Gasteiger partial charge in [-0.3, -0.25) is 9.59 Å². The van der Waals surface area contributed by atoms with Gasteiger partial charge in [-0.2, -0.15) is 0 Å². The Kier molecular flexibility index (Phi) is 6.68. The first-order valence-corrected chi connectivity index (χ1v) is 9.32. The van der Waals surface area contributed by atoms with Gasteiger partial charge in [0.2, 0.25) is 0 Å². The summed E-state index contributed by atoms with van der Waals surface area (Å²) < 4.78 is 13.6. The normalized spacial score (nSPS) is 10.4. The summed E-state index contributed by atoms with van der Waals surface area (Å²) in [6.45, 7) is 0.716. The number of nitrogens with one attached hydrogen (secondary N) is 1. The zero-order valence-electron chi connectivity index (χ0n) is 16.1. The first kappa shape index (κ1) is 20.2. The minimum Gasteiger partial charge on any atom is -0.350 e. The Hall–Kier alpha value is -3.54. The van der Waals surface area contributed by atoms with Crippen LogP contribution in [-0.4, -0.2) is 35.3 Å². The summed E-state index contributed by atoms with van der Waals surface area (Å²) in [5, 5.41) is 2.72. The molecule has 0 atom stereocenters. The van der Waals surface area contributed by atoms with Crippen molar-refractivity contribution >= 4 is 11.8 Å². The fraction of sp³-hybridized carbons (Fsp3) is 0.174. The van der Waals surface area contributed by atoms with Crippen LogP contribution in [0.15, 0.2) is 72.8 Å². The van der Waals surface area contributed by atoms with E-state index in [1.165, 1.54) is 6.07 Å². The van der Waals surface area contributed by atoms with Crippen LogP contribution in [0.5, 0.6) is 0 Å². The van der Waals surface area contributed by atoms with Crippen molar-refractivity contribution in [1.29, 1.82) is 0 Å². The summed E-state index contributed by atoms with van der Waals surface area (Å²) in [6, 6.07) is 20.8. The van der Waals surface area contributed by atoms with Crippen molar-refractivity contribution in [2.75, 3.05) is 13.6 Å². The molecule has 0 spiro atoms. The van der Waals surface area contributed by atoms with Crippen LogP contribution in [0.4, 0.5) is 4.39 Å². The highest BCUT2D eigenvalue weighted by molar-refractivity contribution is 5.96. The number of benzene rings is 2. The van der Waals surface area contributed by atoms with Crippen LogP contribution < -0.4 is 5.32 Å². The van der Waals surface area contributed by atoms with Gasteiger partial charge in [0.1, 0.15) is 17.2 Å². The predicted molar refractivity (Wildman–Crippen MR) is 109 cm³/mol. The van der Waals surface area contributed by atoms with Crippen molar-refractivity contribution in [3.8, 4) is 0 Å². The van der Waals surface area contributed by atoms with E-state index in [0.717, 1.165) is 5.56 Å². The Morgan fingerprint density at radius 2 is 1.62 bits per heavy atom. The van der Waals surface area contributed by atoms with E-state index in [-0.39, 0.29) is 29.7 Å². The quantitative estimate of drug-likeness (QED) is 0.671. The SMILES string of the molecule is CN(Cc1ccccc1)C(=O)c1cccc(C(=O)NCCc2ccccc2F)n1. The van der Waals surface area contributed by atoms with E-state index in [4.69, 9.17) is 0 Å². The second-order valence-corrected chi connectivity index (χ2v) is 6.65. The maximum Gasteiger partial charge on any atom is 0.272 e. The van der Waals surface area contributed by atoms with Gasteiger partial charge in [0, 0.05) is 20.1 Å². The number of aromatic nitrogens is 1. The molecule has 1 heterocycles. The van der Waals surface area contributed by atoms with Crippen molar-refractivity contribution in [3.63, 3.8) is 0 Å². The second kappa shape index (κ2) is 9.59.